The summed E-state index contributed by atoms with van der Waals surface area (Å²) in [5.74, 6) is 2.50. The van der Waals surface area contributed by atoms with Crippen molar-refractivity contribution in [3.05, 3.63) is 59.9 Å². The highest BCUT2D eigenvalue weighted by Gasteiger charge is 2.11. The van der Waals surface area contributed by atoms with Gasteiger partial charge in [0.05, 0.1) is 11.7 Å². The monoisotopic (exact) mass is 394 g/mol. The Labute approximate surface area is 172 Å². The van der Waals surface area contributed by atoms with E-state index in [4.69, 9.17) is 4.99 Å². The number of benzene rings is 1. The molecule has 0 bridgehead atoms. The van der Waals surface area contributed by atoms with Crippen LogP contribution in [0, 0.1) is 6.92 Å². The molecule has 2 N–H and O–H groups in total. The Kier molecular flexibility index (Phi) is 6.99. The van der Waals surface area contributed by atoms with Crippen molar-refractivity contribution >= 4 is 5.96 Å². The molecule has 0 fully saturated rings. The van der Waals surface area contributed by atoms with E-state index >= 15 is 0 Å². The van der Waals surface area contributed by atoms with Gasteiger partial charge in [-0.1, -0.05) is 25.5 Å². The molecule has 8 heteroatoms. The van der Waals surface area contributed by atoms with E-state index in [0.717, 1.165) is 48.2 Å². The van der Waals surface area contributed by atoms with Gasteiger partial charge >= 0.3 is 0 Å². The van der Waals surface area contributed by atoms with Crippen LogP contribution < -0.4 is 10.6 Å². The van der Waals surface area contributed by atoms with Gasteiger partial charge in [0.15, 0.2) is 11.8 Å². The Balaban J connectivity index is 1.73. The smallest absolute Gasteiger partial charge is 0.192 e. The summed E-state index contributed by atoms with van der Waals surface area (Å²) in [4.78, 5) is 4.73. The molecule has 2 aromatic heterocycles. The SMILES string of the molecule is CCCCNC(=NCc1nnc(C)n1C)NC(C)c1cccc(-n2cccn2)c1. The zero-order valence-corrected chi connectivity index (χ0v) is 17.6. The second-order valence-electron chi connectivity index (χ2n) is 7.08. The predicted octanol–water partition coefficient (Wildman–Crippen LogP) is 2.91. The first-order valence-electron chi connectivity index (χ1n) is 10.1. The van der Waals surface area contributed by atoms with Crippen LogP contribution in [0.4, 0.5) is 0 Å². The zero-order valence-electron chi connectivity index (χ0n) is 17.6. The van der Waals surface area contributed by atoms with Gasteiger partial charge in [-0.05, 0) is 44.0 Å². The highest BCUT2D eigenvalue weighted by atomic mass is 15.3. The summed E-state index contributed by atoms with van der Waals surface area (Å²) < 4.78 is 3.82. The van der Waals surface area contributed by atoms with E-state index < -0.39 is 0 Å². The molecule has 1 unspecified atom stereocenters. The Bertz CT molecular complexity index is 926. The lowest BCUT2D eigenvalue weighted by Crippen LogP contribution is -2.39. The van der Waals surface area contributed by atoms with Crippen molar-refractivity contribution in [1.29, 1.82) is 0 Å². The zero-order chi connectivity index (χ0) is 20.6. The minimum absolute atomic E-state index is 0.0830. The first-order chi connectivity index (χ1) is 14.1. The molecule has 3 aromatic rings. The van der Waals surface area contributed by atoms with E-state index in [1.807, 2.05) is 47.6 Å². The number of guanidine groups is 1. The second-order valence-corrected chi connectivity index (χ2v) is 7.08. The number of aliphatic imine (C=N–C) groups is 1. The lowest BCUT2D eigenvalue weighted by molar-refractivity contribution is 0.662. The molecule has 0 spiro atoms. The number of unbranched alkanes of at least 4 members (excludes halogenated alkanes) is 1. The van der Waals surface area contributed by atoms with Crippen molar-refractivity contribution in [2.75, 3.05) is 6.54 Å². The molecule has 0 aliphatic rings. The molecule has 29 heavy (non-hydrogen) atoms. The summed E-state index contributed by atoms with van der Waals surface area (Å²) in [6, 6.07) is 10.4. The summed E-state index contributed by atoms with van der Waals surface area (Å²) in [6.45, 7) is 7.59. The summed E-state index contributed by atoms with van der Waals surface area (Å²) >= 11 is 0. The van der Waals surface area contributed by atoms with Crippen LogP contribution in [-0.2, 0) is 13.6 Å². The van der Waals surface area contributed by atoms with Crippen LogP contribution in [-0.4, -0.2) is 37.0 Å². The predicted molar refractivity (Wildman–Crippen MR) is 115 cm³/mol. The molecule has 154 valence electrons. The number of hydrogen-bond acceptors (Lipinski definition) is 4. The number of nitrogens with one attached hydrogen (secondary N) is 2. The van der Waals surface area contributed by atoms with Gasteiger partial charge in [0.25, 0.3) is 0 Å². The van der Waals surface area contributed by atoms with Crippen LogP contribution in [0.1, 0.15) is 49.9 Å². The van der Waals surface area contributed by atoms with Gasteiger partial charge < -0.3 is 15.2 Å². The maximum absolute atomic E-state index is 4.73. The first kappa shape index (κ1) is 20.6. The van der Waals surface area contributed by atoms with Crippen LogP contribution in [0.5, 0.6) is 0 Å². The van der Waals surface area contributed by atoms with E-state index in [1.165, 1.54) is 0 Å². The molecule has 0 saturated carbocycles. The molecule has 0 aliphatic carbocycles. The van der Waals surface area contributed by atoms with E-state index in [2.05, 4.69) is 51.9 Å². The molecular weight excluding hydrogens is 364 g/mol. The Morgan fingerprint density at radius 1 is 1.24 bits per heavy atom. The average molecular weight is 395 g/mol. The Morgan fingerprint density at radius 2 is 2.10 bits per heavy atom. The van der Waals surface area contributed by atoms with Crippen molar-refractivity contribution in [3.63, 3.8) is 0 Å². The molecule has 8 nitrogen and oxygen atoms in total. The van der Waals surface area contributed by atoms with Gasteiger partial charge in [-0.3, -0.25) is 0 Å². The molecule has 1 atom stereocenters. The fourth-order valence-electron chi connectivity index (χ4n) is 2.92. The fourth-order valence-corrected chi connectivity index (χ4v) is 2.92. The van der Waals surface area contributed by atoms with Crippen LogP contribution in [0.25, 0.3) is 5.69 Å². The molecule has 0 amide bonds. The third-order valence-electron chi connectivity index (χ3n) is 4.88. The van der Waals surface area contributed by atoms with E-state index in [-0.39, 0.29) is 6.04 Å². The lowest BCUT2D eigenvalue weighted by atomic mass is 10.1. The average Bonchev–Trinajstić information content (AvgIpc) is 3.38. The standard InChI is InChI=1S/C21H30N8/c1-5-6-11-22-21(23-15-20-27-26-17(3)28(20)4)25-16(2)18-9-7-10-19(14-18)29-13-8-12-24-29/h7-10,12-14,16H,5-6,11,15H2,1-4H3,(H2,22,23,25). The normalized spacial score (nSPS) is 12.8. The fraction of sp³-hybridized carbons (Fsp3) is 0.429. The molecule has 1 aromatic carbocycles. The minimum atomic E-state index is 0.0830. The summed E-state index contributed by atoms with van der Waals surface area (Å²) in [6.07, 6.45) is 5.95. The van der Waals surface area contributed by atoms with Crippen LogP contribution in [0.15, 0.2) is 47.7 Å². The second kappa shape index (κ2) is 9.86. The van der Waals surface area contributed by atoms with Crippen LogP contribution in [0.2, 0.25) is 0 Å². The summed E-state index contributed by atoms with van der Waals surface area (Å²) in [7, 11) is 1.96. The van der Waals surface area contributed by atoms with Gasteiger partial charge in [-0.2, -0.15) is 5.10 Å². The number of nitrogens with zero attached hydrogens (tertiary/aromatic N) is 6. The van der Waals surface area contributed by atoms with Gasteiger partial charge in [0.1, 0.15) is 12.4 Å². The molecule has 0 saturated heterocycles. The van der Waals surface area contributed by atoms with Gasteiger partial charge in [-0.15, -0.1) is 10.2 Å². The molecule has 2 heterocycles. The topological polar surface area (TPSA) is 85.0 Å². The van der Waals surface area contributed by atoms with E-state index in [0.29, 0.717) is 6.54 Å². The van der Waals surface area contributed by atoms with Crippen molar-refractivity contribution in [2.45, 2.75) is 46.2 Å². The summed E-state index contributed by atoms with van der Waals surface area (Å²) in [5.41, 5.74) is 2.20. The minimum Gasteiger partial charge on any atom is -0.356 e. The molecule has 0 aliphatic heterocycles. The van der Waals surface area contributed by atoms with E-state index in [9.17, 15) is 0 Å². The van der Waals surface area contributed by atoms with Crippen LogP contribution >= 0.6 is 0 Å². The maximum Gasteiger partial charge on any atom is 0.192 e. The van der Waals surface area contributed by atoms with Crippen molar-refractivity contribution < 1.29 is 0 Å². The van der Waals surface area contributed by atoms with Gasteiger partial charge in [0, 0.05) is 26.0 Å². The third-order valence-corrected chi connectivity index (χ3v) is 4.88. The number of aryl methyl sites for hydroxylation is 1. The molecular formula is C21H30N8. The van der Waals surface area contributed by atoms with Crippen molar-refractivity contribution in [1.82, 2.24) is 35.2 Å². The van der Waals surface area contributed by atoms with Crippen molar-refractivity contribution in [2.24, 2.45) is 12.0 Å². The lowest BCUT2D eigenvalue weighted by Gasteiger charge is -2.19. The largest absolute Gasteiger partial charge is 0.356 e. The highest BCUT2D eigenvalue weighted by molar-refractivity contribution is 5.80. The first-order valence-corrected chi connectivity index (χ1v) is 10.1. The number of hydrogen-bond donors (Lipinski definition) is 2. The summed E-state index contributed by atoms with van der Waals surface area (Å²) in [5, 5.41) is 19.6. The Morgan fingerprint density at radius 3 is 2.79 bits per heavy atom. The number of aromatic nitrogens is 5. The van der Waals surface area contributed by atoms with E-state index in [1.54, 1.807) is 6.20 Å². The Hall–Kier alpha value is -3.16. The van der Waals surface area contributed by atoms with Crippen molar-refractivity contribution in [3.8, 4) is 5.69 Å². The highest BCUT2D eigenvalue weighted by Crippen LogP contribution is 2.16. The third kappa shape index (κ3) is 5.43. The van der Waals surface area contributed by atoms with Crippen LogP contribution in [0.3, 0.4) is 0 Å². The molecule has 0 radical (unpaired) electrons. The quantitative estimate of drug-likeness (QED) is 0.349. The van der Waals surface area contributed by atoms with Gasteiger partial charge in [0.2, 0.25) is 0 Å². The maximum atomic E-state index is 4.73. The molecule has 3 rings (SSSR count). The number of rotatable bonds is 8. The van der Waals surface area contributed by atoms with Gasteiger partial charge in [-0.25, -0.2) is 9.67 Å².